The fourth-order valence-corrected chi connectivity index (χ4v) is 9.09. The average Bonchev–Trinajstić information content (AvgIpc) is 3.97. The Labute approximate surface area is 328 Å². The lowest BCUT2D eigenvalue weighted by atomic mass is 9.99. The first-order valence-electron chi connectivity index (χ1n) is 18.7. The topological polar surface area (TPSA) is 90.7 Å². The first kappa shape index (κ1) is 31.8. The number of thiophene rings is 1. The van der Waals surface area contributed by atoms with Gasteiger partial charge in [0.05, 0.1) is 15.9 Å². The average molecular weight is 750 g/mol. The number of fused-ring (bicyclic) bond motifs is 9. The van der Waals surface area contributed by atoms with Gasteiger partial charge in [0, 0.05) is 59.4 Å². The maximum absolute atomic E-state index is 6.65. The maximum Gasteiger partial charge on any atom is 0.164 e. The molecule has 0 unspecified atom stereocenters. The van der Waals surface area contributed by atoms with Crippen LogP contribution in [-0.2, 0) is 0 Å². The molecule has 57 heavy (non-hydrogen) atoms. The fourth-order valence-electron chi connectivity index (χ4n) is 7.95. The summed E-state index contributed by atoms with van der Waals surface area (Å²) in [4.78, 5) is 25.9. The van der Waals surface area contributed by atoms with Gasteiger partial charge in [-0.05, 0) is 36.4 Å². The molecule has 7 nitrogen and oxygen atoms in total. The molecule has 0 saturated carbocycles. The number of furan rings is 2. The number of hydrogen-bond donors (Lipinski definition) is 0. The first-order chi connectivity index (χ1) is 28.2. The molecule has 0 N–H and O–H groups in total. The number of rotatable bonds is 5. The van der Waals surface area contributed by atoms with Crippen LogP contribution in [0.3, 0.4) is 0 Å². The van der Waals surface area contributed by atoms with E-state index in [-0.39, 0.29) is 0 Å². The van der Waals surface area contributed by atoms with Crippen LogP contribution < -0.4 is 0 Å². The van der Waals surface area contributed by atoms with Gasteiger partial charge < -0.3 is 8.83 Å². The highest BCUT2D eigenvalue weighted by molar-refractivity contribution is 7.26. The largest absolute Gasteiger partial charge is 0.456 e. The van der Waals surface area contributed by atoms with Crippen molar-refractivity contribution >= 4 is 75.5 Å². The van der Waals surface area contributed by atoms with E-state index in [1.165, 1.54) is 0 Å². The lowest BCUT2D eigenvalue weighted by Gasteiger charge is -2.11. The standard InChI is InChI=1S/C49H27N5O2S/c1-3-13-28(14-4-1)46-52-47(29-15-5-2-6-16-29)54-49(53-46)35-20-12-23-38-42(35)41-34(19-11-22-37(41)56-38)44-45-43(33-18-8-10-24-40(33)57-45)50-48(51-44)30-25-26-32-31-17-7-9-21-36(31)55-39(32)27-30/h1-27H. The van der Waals surface area contributed by atoms with Crippen LogP contribution in [-0.4, -0.2) is 24.9 Å². The lowest BCUT2D eigenvalue weighted by Crippen LogP contribution is -2.00. The predicted molar refractivity (Wildman–Crippen MR) is 230 cm³/mol. The third-order valence-corrected chi connectivity index (χ3v) is 11.7. The highest BCUT2D eigenvalue weighted by atomic mass is 32.1. The number of hydrogen-bond acceptors (Lipinski definition) is 8. The van der Waals surface area contributed by atoms with Gasteiger partial charge in [-0.25, -0.2) is 24.9 Å². The molecule has 8 heteroatoms. The van der Waals surface area contributed by atoms with Gasteiger partial charge in [0.25, 0.3) is 0 Å². The Morgan fingerprint density at radius 2 is 0.930 bits per heavy atom. The second kappa shape index (κ2) is 12.5. The highest BCUT2D eigenvalue weighted by Gasteiger charge is 2.24. The smallest absolute Gasteiger partial charge is 0.164 e. The van der Waals surface area contributed by atoms with Crippen LogP contribution in [0.25, 0.3) is 121 Å². The number of para-hydroxylation sites is 1. The van der Waals surface area contributed by atoms with Crippen molar-refractivity contribution in [3.63, 3.8) is 0 Å². The molecule has 0 atom stereocenters. The van der Waals surface area contributed by atoms with Gasteiger partial charge >= 0.3 is 0 Å². The molecule has 7 aromatic carbocycles. The van der Waals surface area contributed by atoms with Crippen molar-refractivity contribution in [3.8, 4) is 56.8 Å². The van der Waals surface area contributed by atoms with E-state index in [0.717, 1.165) is 97.7 Å². The quantitative estimate of drug-likeness (QED) is 0.173. The summed E-state index contributed by atoms with van der Waals surface area (Å²) in [5, 5.41) is 5.07. The molecule has 0 aliphatic heterocycles. The summed E-state index contributed by atoms with van der Waals surface area (Å²) in [6, 6.07) is 55.1. The molecule has 12 rings (SSSR count). The summed E-state index contributed by atoms with van der Waals surface area (Å²) in [5.41, 5.74) is 9.32. The number of aromatic nitrogens is 5. The molecule has 0 saturated heterocycles. The summed E-state index contributed by atoms with van der Waals surface area (Å²) in [5.74, 6) is 2.36. The Hall–Kier alpha value is -7.55. The zero-order valence-electron chi connectivity index (χ0n) is 30.0. The van der Waals surface area contributed by atoms with Gasteiger partial charge in [0.15, 0.2) is 23.3 Å². The first-order valence-corrected chi connectivity index (χ1v) is 19.5. The van der Waals surface area contributed by atoms with Crippen LogP contribution in [0.15, 0.2) is 173 Å². The zero-order chi connectivity index (χ0) is 37.5. The molecular weight excluding hydrogens is 723 g/mol. The Balaban J connectivity index is 1.13. The van der Waals surface area contributed by atoms with E-state index in [2.05, 4.69) is 60.7 Å². The van der Waals surface area contributed by atoms with Crippen molar-refractivity contribution < 1.29 is 8.83 Å². The van der Waals surface area contributed by atoms with Crippen LogP contribution in [0.5, 0.6) is 0 Å². The third-order valence-electron chi connectivity index (χ3n) is 10.6. The lowest BCUT2D eigenvalue weighted by molar-refractivity contribution is 0.668. The van der Waals surface area contributed by atoms with E-state index in [1.54, 1.807) is 11.3 Å². The van der Waals surface area contributed by atoms with Crippen LogP contribution in [0, 0.1) is 0 Å². The van der Waals surface area contributed by atoms with Crippen molar-refractivity contribution in [1.29, 1.82) is 0 Å². The van der Waals surface area contributed by atoms with E-state index < -0.39 is 0 Å². The Bertz CT molecular complexity index is 3480. The molecule has 0 bridgehead atoms. The number of benzene rings is 7. The summed E-state index contributed by atoms with van der Waals surface area (Å²) in [6.45, 7) is 0. The van der Waals surface area contributed by atoms with Crippen molar-refractivity contribution in [2.24, 2.45) is 0 Å². The Kier molecular flexibility index (Phi) is 6.96. The summed E-state index contributed by atoms with van der Waals surface area (Å²) in [7, 11) is 0. The van der Waals surface area contributed by atoms with Gasteiger partial charge in [-0.3, -0.25) is 0 Å². The fraction of sp³-hybridized carbons (Fsp3) is 0. The molecule has 0 aliphatic rings. The summed E-state index contributed by atoms with van der Waals surface area (Å²) >= 11 is 1.70. The SMILES string of the molecule is c1ccc(-c2nc(-c3ccccc3)nc(-c3cccc4oc5cccc(-c6nc(-c7ccc8c(c7)oc7ccccc78)nc7c6sc6ccccc67)c5c34)n2)cc1. The number of nitrogens with zero attached hydrogens (tertiary/aromatic N) is 5. The predicted octanol–water partition coefficient (Wildman–Crippen LogP) is 13.2. The molecule has 0 fully saturated rings. The van der Waals surface area contributed by atoms with Gasteiger partial charge in [-0.15, -0.1) is 11.3 Å². The molecule has 0 spiro atoms. The molecule has 0 amide bonds. The van der Waals surface area contributed by atoms with Crippen LogP contribution in [0.2, 0.25) is 0 Å². The minimum absolute atomic E-state index is 0.556. The zero-order valence-corrected chi connectivity index (χ0v) is 30.9. The van der Waals surface area contributed by atoms with Gasteiger partial charge in [0.2, 0.25) is 0 Å². The van der Waals surface area contributed by atoms with E-state index in [1.807, 2.05) is 103 Å². The van der Waals surface area contributed by atoms with Gasteiger partial charge in [-0.2, -0.15) is 0 Å². The van der Waals surface area contributed by atoms with E-state index in [0.29, 0.717) is 23.3 Å². The molecule has 5 aromatic heterocycles. The summed E-state index contributed by atoms with van der Waals surface area (Å²) in [6.07, 6.45) is 0. The normalized spacial score (nSPS) is 11.9. The minimum Gasteiger partial charge on any atom is -0.456 e. The molecule has 5 heterocycles. The van der Waals surface area contributed by atoms with Gasteiger partial charge in [0.1, 0.15) is 22.3 Å². The van der Waals surface area contributed by atoms with E-state index >= 15 is 0 Å². The molecule has 266 valence electrons. The van der Waals surface area contributed by atoms with Crippen molar-refractivity contribution in [1.82, 2.24) is 24.9 Å². The Morgan fingerprint density at radius 3 is 1.68 bits per heavy atom. The van der Waals surface area contributed by atoms with Gasteiger partial charge in [-0.1, -0.05) is 127 Å². The van der Waals surface area contributed by atoms with Crippen molar-refractivity contribution in [2.75, 3.05) is 0 Å². The maximum atomic E-state index is 6.65. The monoisotopic (exact) mass is 749 g/mol. The van der Waals surface area contributed by atoms with Crippen LogP contribution >= 0.6 is 11.3 Å². The molecule has 12 aromatic rings. The second-order valence-electron chi connectivity index (χ2n) is 14.0. The van der Waals surface area contributed by atoms with Crippen LogP contribution in [0.1, 0.15) is 0 Å². The highest BCUT2D eigenvalue weighted by Crippen LogP contribution is 2.45. The molecule has 0 radical (unpaired) electrons. The Morgan fingerprint density at radius 1 is 0.368 bits per heavy atom. The molecule has 0 aliphatic carbocycles. The van der Waals surface area contributed by atoms with Crippen molar-refractivity contribution in [2.45, 2.75) is 0 Å². The van der Waals surface area contributed by atoms with E-state index in [4.69, 9.17) is 33.8 Å². The van der Waals surface area contributed by atoms with Crippen molar-refractivity contribution in [3.05, 3.63) is 164 Å². The van der Waals surface area contributed by atoms with E-state index in [9.17, 15) is 0 Å². The second-order valence-corrected chi connectivity index (χ2v) is 15.0. The minimum atomic E-state index is 0.556. The summed E-state index contributed by atoms with van der Waals surface area (Å²) < 4.78 is 15.1. The van der Waals surface area contributed by atoms with Crippen LogP contribution in [0.4, 0.5) is 0 Å². The third kappa shape index (κ3) is 5.08. The molecular formula is C49H27N5O2S.